The molecule has 0 fully saturated rings. The van der Waals surface area contributed by atoms with E-state index in [1.165, 1.54) is 24.1 Å². The van der Waals surface area contributed by atoms with Crippen molar-refractivity contribution in [2.45, 2.75) is 18.9 Å². The van der Waals surface area contributed by atoms with E-state index in [-0.39, 0.29) is 18.5 Å². The van der Waals surface area contributed by atoms with Crippen LogP contribution in [0.25, 0.3) is 0 Å². The quantitative estimate of drug-likeness (QED) is 0.701. The number of halogens is 1. The van der Waals surface area contributed by atoms with Crippen LogP contribution in [0.15, 0.2) is 24.3 Å². The van der Waals surface area contributed by atoms with Crippen LogP contribution in [0.1, 0.15) is 23.2 Å². The summed E-state index contributed by atoms with van der Waals surface area (Å²) in [5, 5.41) is 17.5. The van der Waals surface area contributed by atoms with Gasteiger partial charge in [-0.3, -0.25) is 19.3 Å². The highest BCUT2D eigenvalue weighted by atomic mass is 19.1. The van der Waals surface area contributed by atoms with Crippen molar-refractivity contribution < 1.29 is 29.0 Å². The average Bonchev–Trinajstić information content (AvgIpc) is 2.42. The maximum Gasteiger partial charge on any atom is 0.305 e. The number of aliphatic carboxylic acids is 2. The van der Waals surface area contributed by atoms with Gasteiger partial charge < -0.3 is 10.2 Å². The summed E-state index contributed by atoms with van der Waals surface area (Å²) in [7, 11) is 1.48. The molecular weight excluding hydrogens is 281 g/mol. The number of nitrogens with zero attached hydrogens (tertiary/aromatic N) is 1. The lowest BCUT2D eigenvalue weighted by Gasteiger charge is -2.25. The molecule has 1 aromatic rings. The smallest absolute Gasteiger partial charge is 0.305 e. The van der Waals surface area contributed by atoms with Crippen molar-refractivity contribution in [2.75, 3.05) is 13.6 Å². The predicted octanol–water partition coefficient (Wildman–Crippen LogP) is 1.26. The molecular formula is C14H16FNO5. The van der Waals surface area contributed by atoms with E-state index in [1.54, 1.807) is 0 Å². The van der Waals surface area contributed by atoms with Gasteiger partial charge in [-0.05, 0) is 31.3 Å². The highest BCUT2D eigenvalue weighted by molar-refractivity contribution is 6.01. The molecule has 0 amide bonds. The highest BCUT2D eigenvalue weighted by Gasteiger charge is 2.27. The Morgan fingerprint density at radius 1 is 1.14 bits per heavy atom. The SMILES string of the molecule is CN(CCC(=O)O)C(CC(=O)O)C(=O)c1ccc(F)cc1. The summed E-state index contributed by atoms with van der Waals surface area (Å²) in [6, 6.07) is 3.78. The summed E-state index contributed by atoms with van der Waals surface area (Å²) < 4.78 is 12.8. The molecule has 1 atom stereocenters. The molecule has 0 aliphatic rings. The van der Waals surface area contributed by atoms with E-state index in [0.29, 0.717) is 0 Å². The van der Waals surface area contributed by atoms with E-state index in [2.05, 4.69) is 0 Å². The predicted molar refractivity (Wildman–Crippen MR) is 71.7 cm³/mol. The molecule has 0 aliphatic carbocycles. The maximum atomic E-state index is 12.8. The van der Waals surface area contributed by atoms with Gasteiger partial charge in [0.25, 0.3) is 0 Å². The van der Waals surface area contributed by atoms with Crippen molar-refractivity contribution in [3.8, 4) is 0 Å². The molecule has 1 unspecified atom stereocenters. The molecule has 1 rings (SSSR count). The van der Waals surface area contributed by atoms with Gasteiger partial charge in [-0.1, -0.05) is 0 Å². The summed E-state index contributed by atoms with van der Waals surface area (Å²) >= 11 is 0. The molecule has 6 nitrogen and oxygen atoms in total. The van der Waals surface area contributed by atoms with Crippen molar-refractivity contribution in [2.24, 2.45) is 0 Å². The van der Waals surface area contributed by atoms with E-state index < -0.39 is 36.0 Å². The second kappa shape index (κ2) is 7.49. The van der Waals surface area contributed by atoms with Crippen LogP contribution in [0, 0.1) is 5.82 Å². The molecule has 0 aromatic heterocycles. The number of ketones is 1. The Morgan fingerprint density at radius 3 is 2.19 bits per heavy atom. The molecule has 0 saturated heterocycles. The van der Waals surface area contributed by atoms with Crippen molar-refractivity contribution in [1.29, 1.82) is 0 Å². The largest absolute Gasteiger partial charge is 0.481 e. The van der Waals surface area contributed by atoms with Gasteiger partial charge in [0, 0.05) is 12.1 Å². The van der Waals surface area contributed by atoms with E-state index in [0.717, 1.165) is 12.1 Å². The molecule has 0 aliphatic heterocycles. The van der Waals surface area contributed by atoms with Gasteiger partial charge in [0.05, 0.1) is 18.9 Å². The van der Waals surface area contributed by atoms with Gasteiger partial charge in [-0.25, -0.2) is 4.39 Å². The average molecular weight is 297 g/mol. The summed E-state index contributed by atoms with van der Waals surface area (Å²) in [6.45, 7) is 0.0419. The van der Waals surface area contributed by atoms with Crippen LogP contribution in [-0.2, 0) is 9.59 Å². The second-order valence-corrected chi connectivity index (χ2v) is 4.61. The number of hydrogen-bond donors (Lipinski definition) is 2. The number of rotatable bonds is 8. The van der Waals surface area contributed by atoms with Crippen LogP contribution in [-0.4, -0.2) is 52.5 Å². The Morgan fingerprint density at radius 2 is 1.71 bits per heavy atom. The normalized spacial score (nSPS) is 12.1. The lowest BCUT2D eigenvalue weighted by Crippen LogP contribution is -2.41. The number of likely N-dealkylation sites (N-methyl/N-ethyl adjacent to an activating group) is 1. The fourth-order valence-electron chi connectivity index (χ4n) is 1.85. The summed E-state index contributed by atoms with van der Waals surface area (Å²) in [4.78, 5) is 35.1. The number of benzene rings is 1. The van der Waals surface area contributed by atoms with Gasteiger partial charge in [-0.15, -0.1) is 0 Å². The minimum Gasteiger partial charge on any atom is -0.481 e. The number of carboxylic acids is 2. The zero-order valence-electron chi connectivity index (χ0n) is 11.5. The van der Waals surface area contributed by atoms with Crippen LogP contribution in [0.2, 0.25) is 0 Å². The summed E-state index contributed by atoms with van der Waals surface area (Å²) in [5.74, 6) is -3.19. The molecule has 7 heteroatoms. The Hall–Kier alpha value is -2.28. The lowest BCUT2D eigenvalue weighted by molar-refractivity contribution is -0.138. The number of Topliss-reactive ketones (excluding diaryl/α,β-unsaturated/α-hetero) is 1. The van der Waals surface area contributed by atoms with Gasteiger partial charge in [0.15, 0.2) is 5.78 Å². The van der Waals surface area contributed by atoms with Crippen LogP contribution < -0.4 is 0 Å². The zero-order chi connectivity index (χ0) is 16.0. The fourth-order valence-corrected chi connectivity index (χ4v) is 1.85. The summed E-state index contributed by atoms with van der Waals surface area (Å²) in [5.41, 5.74) is 0.185. The first-order chi connectivity index (χ1) is 9.81. The van der Waals surface area contributed by atoms with Crippen molar-refractivity contribution >= 4 is 17.7 Å². The molecule has 2 N–H and O–H groups in total. The van der Waals surface area contributed by atoms with Gasteiger partial charge in [-0.2, -0.15) is 0 Å². The van der Waals surface area contributed by atoms with Gasteiger partial charge >= 0.3 is 11.9 Å². The fraction of sp³-hybridized carbons (Fsp3) is 0.357. The Bertz CT molecular complexity index is 529. The minimum atomic E-state index is -1.17. The van der Waals surface area contributed by atoms with E-state index in [1.807, 2.05) is 0 Å². The standard InChI is InChI=1S/C14H16FNO5/c1-16(7-6-12(17)18)11(8-13(19)20)14(21)9-2-4-10(15)5-3-9/h2-5,11H,6-8H2,1H3,(H,17,18)(H,19,20). The van der Waals surface area contributed by atoms with Crippen LogP contribution in [0.5, 0.6) is 0 Å². The van der Waals surface area contributed by atoms with Crippen molar-refractivity contribution in [3.05, 3.63) is 35.6 Å². The highest BCUT2D eigenvalue weighted by Crippen LogP contribution is 2.13. The number of hydrogen-bond acceptors (Lipinski definition) is 4. The number of carbonyl (C=O) groups excluding carboxylic acids is 1. The molecule has 0 spiro atoms. The van der Waals surface area contributed by atoms with Crippen LogP contribution in [0.4, 0.5) is 4.39 Å². The van der Waals surface area contributed by atoms with Gasteiger partial charge in [0.1, 0.15) is 5.82 Å². The Labute approximate surface area is 120 Å². The first kappa shape index (κ1) is 16.8. The van der Waals surface area contributed by atoms with Crippen LogP contribution >= 0.6 is 0 Å². The Balaban J connectivity index is 2.89. The molecule has 0 radical (unpaired) electrons. The molecule has 114 valence electrons. The minimum absolute atomic E-state index is 0.0419. The third kappa shape index (κ3) is 5.31. The zero-order valence-corrected chi connectivity index (χ0v) is 11.5. The number of carboxylic acid groups (broad SMARTS) is 2. The molecule has 0 saturated carbocycles. The molecule has 0 heterocycles. The molecule has 21 heavy (non-hydrogen) atoms. The summed E-state index contributed by atoms with van der Waals surface area (Å²) in [6.07, 6.45) is -0.657. The van der Waals surface area contributed by atoms with Crippen molar-refractivity contribution in [3.63, 3.8) is 0 Å². The Kier molecular flexibility index (Phi) is 5.98. The van der Waals surface area contributed by atoms with E-state index >= 15 is 0 Å². The number of carbonyl (C=O) groups is 3. The maximum absolute atomic E-state index is 12.8. The monoisotopic (exact) mass is 297 g/mol. The first-order valence-electron chi connectivity index (χ1n) is 6.25. The van der Waals surface area contributed by atoms with E-state index in [9.17, 15) is 18.8 Å². The van der Waals surface area contributed by atoms with Crippen LogP contribution in [0.3, 0.4) is 0 Å². The topological polar surface area (TPSA) is 94.9 Å². The molecule has 0 bridgehead atoms. The van der Waals surface area contributed by atoms with Crippen molar-refractivity contribution in [1.82, 2.24) is 4.90 Å². The lowest BCUT2D eigenvalue weighted by atomic mass is 10.00. The third-order valence-electron chi connectivity index (χ3n) is 3.01. The first-order valence-corrected chi connectivity index (χ1v) is 6.25. The van der Waals surface area contributed by atoms with Gasteiger partial charge in [0.2, 0.25) is 0 Å². The second-order valence-electron chi connectivity index (χ2n) is 4.61. The van der Waals surface area contributed by atoms with E-state index in [4.69, 9.17) is 10.2 Å². The molecule has 1 aromatic carbocycles. The third-order valence-corrected chi connectivity index (χ3v) is 3.01.